The van der Waals surface area contributed by atoms with Crippen LogP contribution in [0, 0.1) is 11.3 Å². The molecule has 1 fully saturated rings. The Kier molecular flexibility index (Phi) is 8.84. The van der Waals surface area contributed by atoms with E-state index in [9.17, 15) is 0 Å². The topological polar surface area (TPSA) is 24.5 Å². The molecule has 0 aromatic carbocycles. The minimum Gasteiger partial charge on any atom is -0.381 e. The first-order valence-electron chi connectivity index (χ1n) is 9.05. The number of nitrogens with one attached hydrogen (secondary N) is 1. The molecule has 21 heavy (non-hydrogen) atoms. The number of unbranched alkanes of at least 4 members (excludes halogenated alkanes) is 1. The average Bonchev–Trinajstić information content (AvgIpc) is 2.91. The fraction of sp³-hybridized carbons (Fsp3) is 1.00. The van der Waals surface area contributed by atoms with Gasteiger partial charge in [-0.2, -0.15) is 0 Å². The molecule has 0 aromatic heterocycles. The van der Waals surface area contributed by atoms with Crippen LogP contribution < -0.4 is 5.32 Å². The predicted octanol–water partition coefficient (Wildman–Crippen LogP) is 3.54. The predicted molar refractivity (Wildman–Crippen MR) is 91.8 cm³/mol. The Balaban J connectivity index is 2.59. The molecule has 1 aliphatic heterocycles. The van der Waals surface area contributed by atoms with Crippen LogP contribution in [-0.4, -0.2) is 50.3 Å². The van der Waals surface area contributed by atoms with Crippen LogP contribution in [0.3, 0.4) is 0 Å². The van der Waals surface area contributed by atoms with Gasteiger partial charge in [-0.1, -0.05) is 34.1 Å². The smallest absolute Gasteiger partial charge is 0.0547 e. The molecule has 2 unspecified atom stereocenters. The summed E-state index contributed by atoms with van der Waals surface area (Å²) in [6.45, 7) is 18.0. The highest BCUT2D eigenvalue weighted by Crippen LogP contribution is 2.30. The number of hydrogen-bond donors (Lipinski definition) is 1. The van der Waals surface area contributed by atoms with E-state index in [1.54, 1.807) is 0 Å². The van der Waals surface area contributed by atoms with Crippen LogP contribution in [-0.2, 0) is 4.74 Å². The van der Waals surface area contributed by atoms with Crippen molar-refractivity contribution in [2.24, 2.45) is 11.3 Å². The molecular formula is C18H38N2O. The summed E-state index contributed by atoms with van der Waals surface area (Å²) >= 11 is 0. The van der Waals surface area contributed by atoms with Gasteiger partial charge in [0.2, 0.25) is 0 Å². The van der Waals surface area contributed by atoms with Crippen molar-refractivity contribution in [1.29, 1.82) is 0 Å². The molecule has 1 heterocycles. The highest BCUT2D eigenvalue weighted by Gasteiger charge is 2.37. The van der Waals surface area contributed by atoms with Gasteiger partial charge in [0.25, 0.3) is 0 Å². The monoisotopic (exact) mass is 298 g/mol. The normalized spacial score (nSPS) is 24.1. The molecule has 0 radical (unpaired) electrons. The van der Waals surface area contributed by atoms with E-state index >= 15 is 0 Å². The maximum absolute atomic E-state index is 5.77. The first-order valence-corrected chi connectivity index (χ1v) is 9.05. The van der Waals surface area contributed by atoms with Gasteiger partial charge in [-0.25, -0.2) is 0 Å². The standard InChI is InChI=1S/C18H38N2O/c1-6-8-10-20(17(5)7-2)14-18(9-11-21-15-18)13-19-12-16(3)4/h16-17,19H,6-15H2,1-5H3. The average molecular weight is 299 g/mol. The van der Waals surface area contributed by atoms with Crippen molar-refractivity contribution in [3.63, 3.8) is 0 Å². The van der Waals surface area contributed by atoms with Gasteiger partial charge in [-0.15, -0.1) is 0 Å². The summed E-state index contributed by atoms with van der Waals surface area (Å²) in [6.07, 6.45) is 5.03. The first kappa shape index (κ1) is 18.9. The van der Waals surface area contributed by atoms with Crippen molar-refractivity contribution in [3.05, 3.63) is 0 Å². The van der Waals surface area contributed by atoms with Gasteiger partial charge in [-0.3, -0.25) is 4.90 Å². The van der Waals surface area contributed by atoms with Crippen molar-refractivity contribution < 1.29 is 4.74 Å². The summed E-state index contributed by atoms with van der Waals surface area (Å²) in [4.78, 5) is 2.70. The van der Waals surface area contributed by atoms with Crippen LogP contribution in [0.5, 0.6) is 0 Å². The molecule has 3 heteroatoms. The van der Waals surface area contributed by atoms with E-state index in [2.05, 4.69) is 44.8 Å². The van der Waals surface area contributed by atoms with E-state index in [1.807, 2.05) is 0 Å². The summed E-state index contributed by atoms with van der Waals surface area (Å²) in [7, 11) is 0. The van der Waals surface area contributed by atoms with Crippen LogP contribution in [0.4, 0.5) is 0 Å². The van der Waals surface area contributed by atoms with E-state index in [1.165, 1.54) is 38.8 Å². The minimum absolute atomic E-state index is 0.325. The van der Waals surface area contributed by atoms with Gasteiger partial charge in [-0.05, 0) is 45.2 Å². The number of nitrogens with zero attached hydrogens (tertiary/aromatic N) is 1. The summed E-state index contributed by atoms with van der Waals surface area (Å²) in [5.74, 6) is 0.718. The molecule has 0 aromatic rings. The van der Waals surface area contributed by atoms with Gasteiger partial charge in [0.1, 0.15) is 0 Å². The number of hydrogen-bond acceptors (Lipinski definition) is 3. The van der Waals surface area contributed by atoms with Gasteiger partial charge in [0.05, 0.1) is 6.61 Å². The highest BCUT2D eigenvalue weighted by molar-refractivity contribution is 4.89. The summed E-state index contributed by atoms with van der Waals surface area (Å²) in [6, 6.07) is 0.680. The quantitative estimate of drug-likeness (QED) is 0.631. The molecule has 0 spiro atoms. The Morgan fingerprint density at radius 2 is 2.00 bits per heavy atom. The van der Waals surface area contributed by atoms with Crippen LogP contribution >= 0.6 is 0 Å². The second kappa shape index (κ2) is 9.81. The van der Waals surface area contributed by atoms with Gasteiger partial charge in [0, 0.05) is 31.2 Å². The van der Waals surface area contributed by atoms with E-state index in [0.717, 1.165) is 32.2 Å². The van der Waals surface area contributed by atoms with E-state index in [0.29, 0.717) is 11.5 Å². The minimum atomic E-state index is 0.325. The molecule has 0 amide bonds. The van der Waals surface area contributed by atoms with Crippen LogP contribution in [0.15, 0.2) is 0 Å². The molecule has 1 aliphatic rings. The summed E-state index contributed by atoms with van der Waals surface area (Å²) in [5, 5.41) is 3.68. The Bertz CT molecular complexity index is 262. The van der Waals surface area contributed by atoms with Crippen LogP contribution in [0.25, 0.3) is 0 Å². The fourth-order valence-electron chi connectivity index (χ4n) is 3.10. The lowest BCUT2D eigenvalue weighted by atomic mass is 9.85. The zero-order chi connectivity index (χ0) is 15.7. The lowest BCUT2D eigenvalue weighted by molar-refractivity contribution is 0.0860. The van der Waals surface area contributed by atoms with Crippen molar-refractivity contribution in [1.82, 2.24) is 10.2 Å². The molecule has 126 valence electrons. The molecular weight excluding hydrogens is 260 g/mol. The summed E-state index contributed by atoms with van der Waals surface area (Å²) in [5.41, 5.74) is 0.325. The maximum Gasteiger partial charge on any atom is 0.0547 e. The van der Waals surface area contributed by atoms with Crippen molar-refractivity contribution >= 4 is 0 Å². The zero-order valence-electron chi connectivity index (χ0n) is 15.1. The van der Waals surface area contributed by atoms with E-state index in [-0.39, 0.29) is 0 Å². The van der Waals surface area contributed by atoms with Gasteiger partial charge >= 0.3 is 0 Å². The molecule has 0 bridgehead atoms. The molecule has 0 saturated carbocycles. The Morgan fingerprint density at radius 3 is 2.52 bits per heavy atom. The third-order valence-electron chi connectivity index (χ3n) is 4.79. The van der Waals surface area contributed by atoms with Crippen LogP contribution in [0.1, 0.15) is 60.3 Å². The summed E-state index contributed by atoms with van der Waals surface area (Å²) < 4.78 is 5.77. The third-order valence-corrected chi connectivity index (χ3v) is 4.79. The van der Waals surface area contributed by atoms with Crippen molar-refractivity contribution in [2.45, 2.75) is 66.3 Å². The van der Waals surface area contributed by atoms with Gasteiger partial charge < -0.3 is 10.1 Å². The largest absolute Gasteiger partial charge is 0.381 e. The lowest BCUT2D eigenvalue weighted by Gasteiger charge is -2.38. The fourth-order valence-corrected chi connectivity index (χ4v) is 3.10. The number of rotatable bonds is 11. The zero-order valence-corrected chi connectivity index (χ0v) is 15.1. The van der Waals surface area contributed by atoms with E-state index < -0.39 is 0 Å². The molecule has 0 aliphatic carbocycles. The van der Waals surface area contributed by atoms with Crippen molar-refractivity contribution in [2.75, 3.05) is 39.4 Å². The number of ether oxygens (including phenoxy) is 1. The molecule has 1 N–H and O–H groups in total. The van der Waals surface area contributed by atoms with E-state index in [4.69, 9.17) is 4.74 Å². The van der Waals surface area contributed by atoms with Crippen molar-refractivity contribution in [3.8, 4) is 0 Å². The van der Waals surface area contributed by atoms with Crippen LogP contribution in [0.2, 0.25) is 0 Å². The second-order valence-electron chi connectivity index (χ2n) is 7.41. The first-order chi connectivity index (χ1) is 10.0. The second-order valence-corrected chi connectivity index (χ2v) is 7.41. The third kappa shape index (κ3) is 6.66. The Hall–Kier alpha value is -0.120. The van der Waals surface area contributed by atoms with Gasteiger partial charge in [0.15, 0.2) is 0 Å². The molecule has 2 atom stereocenters. The lowest BCUT2D eigenvalue weighted by Crippen LogP contribution is -2.48. The highest BCUT2D eigenvalue weighted by atomic mass is 16.5. The Morgan fingerprint density at radius 1 is 1.24 bits per heavy atom. The SMILES string of the molecule is CCCCN(CC1(CNCC(C)C)CCOC1)C(C)CC. The molecule has 1 rings (SSSR count). The molecule has 1 saturated heterocycles. The maximum atomic E-state index is 5.77. The molecule has 3 nitrogen and oxygen atoms in total. The Labute approximate surface area is 132 Å².